The summed E-state index contributed by atoms with van der Waals surface area (Å²) in [5.74, 6) is -0.124. The van der Waals surface area contributed by atoms with Crippen LogP contribution in [0.1, 0.15) is 52.2 Å². The lowest BCUT2D eigenvalue weighted by molar-refractivity contribution is 0.0714. The first-order valence-corrected chi connectivity index (χ1v) is 11.0. The lowest BCUT2D eigenvalue weighted by atomic mass is 9.88. The SMILES string of the molecule is Cc1cccc2c(C(=O)N3CCC(c4cc(CN)ccc4F)CC3)cn(CCCF)c12. The van der Waals surface area contributed by atoms with E-state index in [1.54, 1.807) is 6.07 Å². The fourth-order valence-corrected chi connectivity index (χ4v) is 4.72. The molecular formula is C25H29F2N3O. The zero-order chi connectivity index (χ0) is 22.0. The van der Waals surface area contributed by atoms with Crippen molar-refractivity contribution in [2.24, 2.45) is 5.73 Å². The molecule has 1 fully saturated rings. The van der Waals surface area contributed by atoms with Gasteiger partial charge in [0.2, 0.25) is 0 Å². The summed E-state index contributed by atoms with van der Waals surface area (Å²) >= 11 is 0. The van der Waals surface area contributed by atoms with Crippen LogP contribution in [0, 0.1) is 12.7 Å². The van der Waals surface area contributed by atoms with Crippen LogP contribution in [0.25, 0.3) is 10.9 Å². The lowest BCUT2D eigenvalue weighted by Gasteiger charge is -2.32. The van der Waals surface area contributed by atoms with Gasteiger partial charge in [0.05, 0.1) is 17.8 Å². The Morgan fingerprint density at radius 2 is 1.97 bits per heavy atom. The number of nitrogens with zero attached hydrogens (tertiary/aromatic N) is 2. The zero-order valence-electron chi connectivity index (χ0n) is 17.9. The number of amides is 1. The normalized spacial score (nSPS) is 15.0. The van der Waals surface area contributed by atoms with Gasteiger partial charge in [0.25, 0.3) is 5.91 Å². The highest BCUT2D eigenvalue weighted by Gasteiger charge is 2.28. The van der Waals surface area contributed by atoms with Crippen molar-refractivity contribution in [2.45, 2.75) is 45.2 Å². The highest BCUT2D eigenvalue weighted by atomic mass is 19.1. The predicted octanol–water partition coefficient (Wildman–Crippen LogP) is 4.93. The number of benzene rings is 2. The van der Waals surface area contributed by atoms with E-state index in [0.717, 1.165) is 34.9 Å². The number of carbonyl (C=O) groups excluding carboxylic acids is 1. The van der Waals surface area contributed by atoms with Crippen LogP contribution in [0.3, 0.4) is 0 Å². The van der Waals surface area contributed by atoms with Crippen molar-refractivity contribution >= 4 is 16.8 Å². The molecule has 0 spiro atoms. The Morgan fingerprint density at radius 3 is 2.68 bits per heavy atom. The fourth-order valence-electron chi connectivity index (χ4n) is 4.72. The van der Waals surface area contributed by atoms with Gasteiger partial charge in [0.1, 0.15) is 5.82 Å². The number of carbonyl (C=O) groups is 1. The molecule has 0 bridgehead atoms. The zero-order valence-corrected chi connectivity index (χ0v) is 17.9. The molecule has 0 radical (unpaired) electrons. The molecule has 6 heteroatoms. The third kappa shape index (κ3) is 4.22. The van der Waals surface area contributed by atoms with Crippen LogP contribution in [0.15, 0.2) is 42.6 Å². The van der Waals surface area contributed by atoms with Gasteiger partial charge in [0, 0.05) is 37.8 Å². The molecule has 164 valence electrons. The van der Waals surface area contributed by atoms with E-state index < -0.39 is 0 Å². The van der Waals surface area contributed by atoms with Crippen LogP contribution in [0.5, 0.6) is 0 Å². The number of fused-ring (bicyclic) bond motifs is 1. The van der Waals surface area contributed by atoms with Crippen molar-refractivity contribution in [1.29, 1.82) is 0 Å². The molecule has 1 aliphatic rings. The average molecular weight is 426 g/mol. The largest absolute Gasteiger partial charge is 0.346 e. The number of halogens is 2. The Morgan fingerprint density at radius 1 is 1.19 bits per heavy atom. The standard InChI is InChI=1S/C25H29F2N3O/c1-17-4-2-5-20-22(16-30(24(17)20)11-3-10-26)25(31)29-12-8-19(9-13-29)21-14-18(15-28)6-7-23(21)27/h2,4-7,14,16,19H,3,8-13,15,28H2,1H3. The third-order valence-electron chi connectivity index (χ3n) is 6.38. The maximum absolute atomic E-state index is 14.4. The van der Waals surface area contributed by atoms with Gasteiger partial charge in [-0.15, -0.1) is 0 Å². The maximum atomic E-state index is 14.4. The van der Waals surface area contributed by atoms with E-state index in [1.165, 1.54) is 6.07 Å². The molecule has 0 unspecified atom stereocenters. The molecule has 0 saturated carbocycles. The molecule has 1 aromatic heterocycles. The van der Waals surface area contributed by atoms with Gasteiger partial charge in [0.15, 0.2) is 0 Å². The van der Waals surface area contributed by atoms with E-state index in [1.807, 2.05) is 46.9 Å². The van der Waals surface area contributed by atoms with Gasteiger partial charge >= 0.3 is 0 Å². The first-order valence-electron chi connectivity index (χ1n) is 11.0. The highest BCUT2D eigenvalue weighted by molar-refractivity contribution is 6.07. The van der Waals surface area contributed by atoms with Gasteiger partial charge in [-0.3, -0.25) is 9.18 Å². The number of hydrogen-bond acceptors (Lipinski definition) is 2. The molecule has 0 atom stereocenters. The number of nitrogens with two attached hydrogens (primary N) is 1. The summed E-state index contributed by atoms with van der Waals surface area (Å²) in [6.45, 7) is 3.72. The monoisotopic (exact) mass is 425 g/mol. The molecule has 2 aromatic carbocycles. The van der Waals surface area contributed by atoms with Crippen LogP contribution in [0.2, 0.25) is 0 Å². The number of hydrogen-bond donors (Lipinski definition) is 1. The number of aryl methyl sites for hydroxylation is 2. The van der Waals surface area contributed by atoms with Gasteiger partial charge in [-0.25, -0.2) is 4.39 Å². The van der Waals surface area contributed by atoms with E-state index in [2.05, 4.69) is 0 Å². The Hall–Kier alpha value is -2.73. The summed E-state index contributed by atoms with van der Waals surface area (Å²) in [5, 5.41) is 0.910. The summed E-state index contributed by atoms with van der Waals surface area (Å²) in [5.41, 5.74) is 10.1. The Bertz CT molecular complexity index is 1080. The third-order valence-corrected chi connectivity index (χ3v) is 6.38. The first kappa shape index (κ1) is 21.5. The molecule has 3 aromatic rings. The molecule has 31 heavy (non-hydrogen) atoms. The second-order valence-electron chi connectivity index (χ2n) is 8.38. The number of para-hydroxylation sites is 1. The summed E-state index contributed by atoms with van der Waals surface area (Å²) < 4.78 is 29.1. The topological polar surface area (TPSA) is 51.3 Å². The minimum atomic E-state index is -0.385. The Kier molecular flexibility index (Phi) is 6.37. The van der Waals surface area contributed by atoms with Gasteiger partial charge in [-0.05, 0) is 54.9 Å². The molecule has 2 N–H and O–H groups in total. The summed E-state index contributed by atoms with van der Waals surface area (Å²) in [7, 11) is 0. The quantitative estimate of drug-likeness (QED) is 0.609. The predicted molar refractivity (Wildman–Crippen MR) is 119 cm³/mol. The van der Waals surface area contributed by atoms with Crippen molar-refractivity contribution in [1.82, 2.24) is 9.47 Å². The molecule has 2 heterocycles. The van der Waals surface area contributed by atoms with E-state index in [0.29, 0.717) is 43.7 Å². The van der Waals surface area contributed by atoms with Crippen molar-refractivity contribution in [2.75, 3.05) is 19.8 Å². The molecule has 1 aliphatic heterocycles. The second kappa shape index (κ2) is 9.18. The fraction of sp³-hybridized carbons (Fsp3) is 0.400. The van der Waals surface area contributed by atoms with Crippen molar-refractivity contribution in [3.8, 4) is 0 Å². The molecule has 4 nitrogen and oxygen atoms in total. The number of piperidine rings is 1. The molecular weight excluding hydrogens is 396 g/mol. The summed E-state index contributed by atoms with van der Waals surface area (Å²) in [6, 6.07) is 11.0. The van der Waals surface area contributed by atoms with Crippen LogP contribution in [-0.2, 0) is 13.1 Å². The molecule has 1 amide bonds. The first-order chi connectivity index (χ1) is 15.0. The van der Waals surface area contributed by atoms with Gasteiger partial charge < -0.3 is 15.2 Å². The number of aromatic nitrogens is 1. The number of likely N-dealkylation sites (tertiary alicyclic amines) is 1. The van der Waals surface area contributed by atoms with Crippen LogP contribution in [0.4, 0.5) is 8.78 Å². The van der Waals surface area contributed by atoms with Crippen molar-refractivity contribution < 1.29 is 13.6 Å². The smallest absolute Gasteiger partial charge is 0.256 e. The van der Waals surface area contributed by atoms with Crippen LogP contribution in [-0.4, -0.2) is 35.1 Å². The Labute approximate surface area is 181 Å². The second-order valence-corrected chi connectivity index (χ2v) is 8.38. The van der Waals surface area contributed by atoms with Crippen molar-refractivity contribution in [3.05, 3.63) is 70.7 Å². The molecule has 4 rings (SSSR count). The summed E-state index contributed by atoms with van der Waals surface area (Å²) in [6.07, 6.45) is 3.73. The van der Waals surface area contributed by atoms with E-state index >= 15 is 0 Å². The minimum absolute atomic E-state index is 0.00997. The van der Waals surface area contributed by atoms with Crippen LogP contribution < -0.4 is 5.73 Å². The van der Waals surface area contributed by atoms with Crippen LogP contribution >= 0.6 is 0 Å². The molecule has 1 saturated heterocycles. The number of rotatable bonds is 6. The van der Waals surface area contributed by atoms with Crippen molar-refractivity contribution in [3.63, 3.8) is 0 Å². The maximum Gasteiger partial charge on any atom is 0.256 e. The Balaban J connectivity index is 1.54. The van der Waals surface area contributed by atoms with Gasteiger partial charge in [-0.1, -0.05) is 30.3 Å². The number of alkyl halides is 1. The highest BCUT2D eigenvalue weighted by Crippen LogP contribution is 2.32. The summed E-state index contributed by atoms with van der Waals surface area (Å²) in [4.78, 5) is 15.2. The molecule has 0 aliphatic carbocycles. The van der Waals surface area contributed by atoms with E-state index in [9.17, 15) is 13.6 Å². The van der Waals surface area contributed by atoms with E-state index in [-0.39, 0.29) is 24.3 Å². The average Bonchev–Trinajstić information content (AvgIpc) is 3.17. The van der Waals surface area contributed by atoms with Gasteiger partial charge in [-0.2, -0.15) is 0 Å². The minimum Gasteiger partial charge on any atom is -0.346 e. The van der Waals surface area contributed by atoms with E-state index in [4.69, 9.17) is 5.73 Å². The lowest BCUT2D eigenvalue weighted by Crippen LogP contribution is -2.38.